The average molecular weight is 388 g/mol. The first-order chi connectivity index (χ1) is 12.9. The maximum absolute atomic E-state index is 12.4. The predicted molar refractivity (Wildman–Crippen MR) is 97.7 cm³/mol. The molecule has 0 spiro atoms. The van der Waals surface area contributed by atoms with Gasteiger partial charge in [0.15, 0.2) is 5.69 Å². The number of benzene rings is 2. The molecule has 0 aliphatic rings. The zero-order valence-electron chi connectivity index (χ0n) is 14.2. The van der Waals surface area contributed by atoms with E-state index in [0.29, 0.717) is 11.1 Å². The molecule has 27 heavy (non-hydrogen) atoms. The fraction of sp³-hybridized carbons (Fsp3) is 0.118. The maximum Gasteiger partial charge on any atom is 0.320 e. The fourth-order valence-electron chi connectivity index (χ4n) is 2.35. The molecule has 0 saturated heterocycles. The second-order valence-electron chi connectivity index (χ2n) is 5.50. The van der Waals surface area contributed by atoms with Gasteiger partial charge in [-0.25, -0.2) is 8.42 Å². The van der Waals surface area contributed by atoms with Gasteiger partial charge in [0.25, 0.3) is 5.91 Å². The van der Waals surface area contributed by atoms with Crippen molar-refractivity contribution in [3.63, 3.8) is 0 Å². The van der Waals surface area contributed by atoms with Gasteiger partial charge in [-0.3, -0.25) is 14.7 Å². The molecule has 3 rings (SSSR count). The van der Waals surface area contributed by atoms with Crippen molar-refractivity contribution in [1.29, 1.82) is 0 Å². The molecule has 2 aromatic carbocycles. The van der Waals surface area contributed by atoms with Crippen LogP contribution in [0.2, 0.25) is 0 Å². The van der Waals surface area contributed by atoms with E-state index in [0.717, 1.165) is 12.6 Å². The minimum Gasteiger partial charge on any atom is -0.468 e. The van der Waals surface area contributed by atoms with Crippen LogP contribution in [-0.4, -0.2) is 44.1 Å². The summed E-state index contributed by atoms with van der Waals surface area (Å²) < 4.78 is 30.7. The highest BCUT2D eigenvalue weighted by atomic mass is 32.2. The normalized spacial score (nSPS) is 11.3. The largest absolute Gasteiger partial charge is 0.468 e. The third-order valence-corrected chi connectivity index (χ3v) is 5.16. The summed E-state index contributed by atoms with van der Waals surface area (Å²) in [6.45, 7) is -0.469. The summed E-state index contributed by atoms with van der Waals surface area (Å²) in [5.74, 6) is -1.12. The number of aromatic nitrogens is 2. The van der Waals surface area contributed by atoms with Gasteiger partial charge in [-0.1, -0.05) is 18.2 Å². The molecule has 0 aliphatic heterocycles. The molecule has 1 heterocycles. The Morgan fingerprint density at radius 1 is 1.11 bits per heavy atom. The fourth-order valence-corrected chi connectivity index (χ4v) is 3.32. The third kappa shape index (κ3) is 4.13. The number of carbonyl (C=O) groups excluding carboxylic acids is 2. The Labute approximate surface area is 154 Å². The van der Waals surface area contributed by atoms with Gasteiger partial charge < -0.3 is 10.1 Å². The van der Waals surface area contributed by atoms with Crippen LogP contribution < -0.4 is 10.0 Å². The SMILES string of the molecule is COC(=O)CNS(=O)(=O)c1ccc(NC(=O)c2n[nH]c3ccccc23)cc1. The van der Waals surface area contributed by atoms with Gasteiger partial charge in [0, 0.05) is 11.1 Å². The first kappa shape index (κ1) is 18.5. The van der Waals surface area contributed by atoms with Crippen LogP contribution >= 0.6 is 0 Å². The molecule has 0 bridgehead atoms. The van der Waals surface area contributed by atoms with E-state index in [2.05, 4.69) is 25.0 Å². The molecule has 0 saturated carbocycles. The highest BCUT2D eigenvalue weighted by Crippen LogP contribution is 2.18. The summed E-state index contributed by atoms with van der Waals surface area (Å²) in [7, 11) is -2.70. The van der Waals surface area contributed by atoms with Crippen LogP contribution in [0.4, 0.5) is 5.69 Å². The first-order valence-corrected chi connectivity index (χ1v) is 9.30. The van der Waals surface area contributed by atoms with Crippen molar-refractivity contribution in [3.8, 4) is 0 Å². The Kier molecular flexibility index (Phi) is 5.19. The number of H-pyrrole nitrogens is 1. The lowest BCUT2D eigenvalue weighted by Gasteiger charge is -2.07. The number of rotatable bonds is 6. The smallest absolute Gasteiger partial charge is 0.320 e. The van der Waals surface area contributed by atoms with Crippen LogP contribution in [0, 0.1) is 0 Å². The number of nitrogens with one attached hydrogen (secondary N) is 3. The summed E-state index contributed by atoms with van der Waals surface area (Å²) in [5.41, 5.74) is 1.38. The van der Waals surface area contributed by atoms with Gasteiger partial charge in [0.1, 0.15) is 6.54 Å². The Morgan fingerprint density at radius 3 is 2.52 bits per heavy atom. The van der Waals surface area contributed by atoms with Crippen LogP contribution in [0.3, 0.4) is 0 Å². The van der Waals surface area contributed by atoms with Gasteiger partial charge in [0.2, 0.25) is 10.0 Å². The summed E-state index contributed by atoms with van der Waals surface area (Å²) >= 11 is 0. The van der Waals surface area contributed by atoms with Crippen molar-refractivity contribution < 1.29 is 22.7 Å². The summed E-state index contributed by atoms with van der Waals surface area (Å²) in [6.07, 6.45) is 0. The summed E-state index contributed by atoms with van der Waals surface area (Å²) in [6, 6.07) is 12.7. The van der Waals surface area contributed by atoms with Crippen LogP contribution in [0.5, 0.6) is 0 Å². The topological polar surface area (TPSA) is 130 Å². The van der Waals surface area contributed by atoms with E-state index >= 15 is 0 Å². The van der Waals surface area contributed by atoms with Crippen LogP contribution in [0.1, 0.15) is 10.5 Å². The van der Waals surface area contributed by atoms with Gasteiger partial charge >= 0.3 is 5.97 Å². The lowest BCUT2D eigenvalue weighted by molar-refractivity contribution is -0.139. The molecule has 0 radical (unpaired) electrons. The van der Waals surface area contributed by atoms with E-state index in [1.807, 2.05) is 6.07 Å². The zero-order valence-corrected chi connectivity index (χ0v) is 15.0. The molecule has 0 unspecified atom stereocenters. The molecule has 1 amide bonds. The molecule has 140 valence electrons. The van der Waals surface area contributed by atoms with Crippen molar-refractivity contribution in [1.82, 2.24) is 14.9 Å². The van der Waals surface area contributed by atoms with E-state index in [-0.39, 0.29) is 10.6 Å². The lowest BCUT2D eigenvalue weighted by Crippen LogP contribution is -2.30. The third-order valence-electron chi connectivity index (χ3n) is 3.74. The van der Waals surface area contributed by atoms with Crippen molar-refractivity contribution in [2.45, 2.75) is 4.90 Å². The van der Waals surface area contributed by atoms with Crippen molar-refractivity contribution >= 4 is 38.5 Å². The molecule has 9 nitrogen and oxygen atoms in total. The molecule has 0 atom stereocenters. The Bertz CT molecular complexity index is 1090. The minimum atomic E-state index is -3.86. The monoisotopic (exact) mass is 388 g/mol. The van der Waals surface area contributed by atoms with E-state index in [9.17, 15) is 18.0 Å². The number of methoxy groups -OCH3 is 1. The molecule has 3 aromatic rings. The highest BCUT2D eigenvalue weighted by Gasteiger charge is 2.17. The van der Waals surface area contributed by atoms with Crippen molar-refractivity contribution in [2.75, 3.05) is 19.0 Å². The summed E-state index contributed by atoms with van der Waals surface area (Å²) in [4.78, 5) is 23.4. The van der Waals surface area contributed by atoms with Gasteiger partial charge in [0.05, 0.1) is 17.5 Å². The number of anilines is 1. The van der Waals surface area contributed by atoms with Crippen molar-refractivity contribution in [3.05, 3.63) is 54.2 Å². The zero-order chi connectivity index (χ0) is 19.4. The standard InChI is InChI=1S/C17H16N4O5S/c1-26-15(22)10-18-27(24,25)12-8-6-11(7-9-12)19-17(23)16-13-4-2-3-5-14(13)20-21-16/h2-9,18H,10H2,1H3,(H,19,23)(H,20,21). The molecule has 0 aliphatic carbocycles. The number of nitrogens with zero attached hydrogens (tertiary/aromatic N) is 1. The lowest BCUT2D eigenvalue weighted by atomic mass is 10.2. The molecule has 3 N–H and O–H groups in total. The average Bonchev–Trinajstić information content (AvgIpc) is 3.11. The Hall–Kier alpha value is -3.24. The van der Waals surface area contributed by atoms with Crippen LogP contribution in [0.25, 0.3) is 10.9 Å². The Morgan fingerprint density at radius 2 is 1.81 bits per heavy atom. The number of aromatic amines is 1. The second-order valence-corrected chi connectivity index (χ2v) is 7.26. The molecular weight excluding hydrogens is 372 g/mol. The quantitative estimate of drug-likeness (QED) is 0.545. The number of fused-ring (bicyclic) bond motifs is 1. The van der Waals surface area contributed by atoms with Crippen LogP contribution in [0.15, 0.2) is 53.4 Å². The van der Waals surface area contributed by atoms with E-state index in [4.69, 9.17) is 0 Å². The molecular formula is C17H16N4O5S. The van der Waals surface area contributed by atoms with E-state index in [1.165, 1.54) is 24.3 Å². The highest BCUT2D eigenvalue weighted by molar-refractivity contribution is 7.89. The second kappa shape index (κ2) is 7.56. The number of para-hydroxylation sites is 1. The van der Waals surface area contributed by atoms with Crippen molar-refractivity contribution in [2.24, 2.45) is 0 Å². The van der Waals surface area contributed by atoms with Gasteiger partial charge in [-0.15, -0.1) is 0 Å². The molecule has 1 aromatic heterocycles. The number of hydrogen-bond donors (Lipinski definition) is 3. The number of ether oxygens (including phenoxy) is 1. The van der Waals surface area contributed by atoms with Crippen LogP contribution in [-0.2, 0) is 19.6 Å². The number of hydrogen-bond acceptors (Lipinski definition) is 6. The number of esters is 1. The van der Waals surface area contributed by atoms with E-state index < -0.39 is 28.4 Å². The minimum absolute atomic E-state index is 0.0466. The predicted octanol–water partition coefficient (Wildman–Crippen LogP) is 1.27. The van der Waals surface area contributed by atoms with Gasteiger partial charge in [-0.2, -0.15) is 9.82 Å². The van der Waals surface area contributed by atoms with Gasteiger partial charge in [-0.05, 0) is 30.3 Å². The first-order valence-electron chi connectivity index (χ1n) is 7.82. The molecule has 0 fully saturated rings. The number of carbonyl (C=O) groups is 2. The Balaban J connectivity index is 1.72. The molecule has 10 heteroatoms. The number of amides is 1. The van der Waals surface area contributed by atoms with E-state index in [1.54, 1.807) is 18.2 Å². The summed E-state index contributed by atoms with van der Waals surface area (Å²) in [5, 5.41) is 10.1. The number of sulfonamides is 1. The maximum atomic E-state index is 12.4.